The first-order chi connectivity index (χ1) is 18.6. The van der Waals surface area contributed by atoms with Gasteiger partial charge in [0.2, 0.25) is 0 Å². The second-order valence-corrected chi connectivity index (χ2v) is 9.12. The summed E-state index contributed by atoms with van der Waals surface area (Å²) in [4.78, 5) is 13.4. The molecule has 0 unspecified atom stereocenters. The molecule has 4 aromatic rings. The van der Waals surface area contributed by atoms with Crippen LogP contribution in [0.3, 0.4) is 0 Å². The van der Waals surface area contributed by atoms with Gasteiger partial charge in [-0.05, 0) is 37.1 Å². The van der Waals surface area contributed by atoms with E-state index in [1.807, 2.05) is 97.1 Å². The predicted octanol–water partition coefficient (Wildman–Crippen LogP) is 6.65. The first-order valence-electron chi connectivity index (χ1n) is 12.5. The molecule has 0 atom stereocenters. The lowest BCUT2D eigenvalue weighted by atomic mass is 9.74. The van der Waals surface area contributed by atoms with Gasteiger partial charge >= 0.3 is 0 Å². The summed E-state index contributed by atoms with van der Waals surface area (Å²) >= 11 is 0. The standard InChI is InChI=1S/C32H32O6/c1-33-27-17-9-5-13-23(27)31(24-14-6-10-18-28(24)34-2)21-22-32(38-37-31,25-15-7-11-19-29(25)35-3)26-16-8-12-20-30(26)36-4/h5-20H,21-22H2,1-4H3. The van der Waals surface area contributed by atoms with E-state index in [-0.39, 0.29) is 0 Å². The van der Waals surface area contributed by atoms with Crippen molar-refractivity contribution < 1.29 is 28.7 Å². The van der Waals surface area contributed by atoms with Crippen LogP contribution in [-0.4, -0.2) is 28.4 Å². The minimum absolute atomic E-state index is 0.545. The second kappa shape index (κ2) is 10.8. The molecule has 196 valence electrons. The van der Waals surface area contributed by atoms with Gasteiger partial charge in [-0.1, -0.05) is 72.8 Å². The maximum absolute atomic E-state index is 6.68. The lowest BCUT2D eigenvalue weighted by molar-refractivity contribution is -0.432. The maximum atomic E-state index is 6.68. The molecule has 0 aromatic heterocycles. The van der Waals surface area contributed by atoms with Gasteiger partial charge in [0.15, 0.2) is 11.2 Å². The fraction of sp³-hybridized carbons (Fsp3) is 0.250. The van der Waals surface area contributed by atoms with Crippen LogP contribution in [0.25, 0.3) is 0 Å². The van der Waals surface area contributed by atoms with E-state index < -0.39 is 11.2 Å². The quantitative estimate of drug-likeness (QED) is 0.246. The Labute approximate surface area is 223 Å². The van der Waals surface area contributed by atoms with Crippen molar-refractivity contribution in [2.45, 2.75) is 24.0 Å². The number of hydrogen-bond acceptors (Lipinski definition) is 6. The molecule has 0 amide bonds. The van der Waals surface area contributed by atoms with Crippen molar-refractivity contribution in [1.29, 1.82) is 0 Å². The molecule has 0 radical (unpaired) electrons. The Morgan fingerprint density at radius 3 is 0.868 bits per heavy atom. The van der Waals surface area contributed by atoms with E-state index in [0.29, 0.717) is 35.8 Å². The molecule has 1 saturated heterocycles. The fourth-order valence-electron chi connectivity index (χ4n) is 5.50. The van der Waals surface area contributed by atoms with E-state index in [9.17, 15) is 0 Å². The molecule has 4 aromatic carbocycles. The van der Waals surface area contributed by atoms with Crippen molar-refractivity contribution in [2.75, 3.05) is 28.4 Å². The van der Waals surface area contributed by atoms with Gasteiger partial charge in [-0.3, -0.25) is 0 Å². The molecule has 1 aliphatic rings. The smallest absolute Gasteiger partial charge is 0.161 e. The van der Waals surface area contributed by atoms with Crippen LogP contribution in [0.1, 0.15) is 35.1 Å². The minimum Gasteiger partial charge on any atom is -0.496 e. The van der Waals surface area contributed by atoms with Crippen molar-refractivity contribution in [1.82, 2.24) is 0 Å². The van der Waals surface area contributed by atoms with Gasteiger partial charge in [-0.2, -0.15) is 0 Å². The highest BCUT2D eigenvalue weighted by Gasteiger charge is 2.53. The lowest BCUT2D eigenvalue weighted by Crippen LogP contribution is -2.45. The van der Waals surface area contributed by atoms with E-state index >= 15 is 0 Å². The highest BCUT2D eigenvalue weighted by Crippen LogP contribution is 2.56. The van der Waals surface area contributed by atoms with Gasteiger partial charge in [0.25, 0.3) is 0 Å². The van der Waals surface area contributed by atoms with Gasteiger partial charge < -0.3 is 18.9 Å². The normalized spacial score (nSPS) is 15.9. The highest BCUT2D eigenvalue weighted by molar-refractivity contribution is 5.53. The van der Waals surface area contributed by atoms with Crippen molar-refractivity contribution in [3.8, 4) is 23.0 Å². The zero-order valence-electron chi connectivity index (χ0n) is 22.1. The summed E-state index contributed by atoms with van der Waals surface area (Å²) in [6.45, 7) is 0. The molecule has 0 bridgehead atoms. The van der Waals surface area contributed by atoms with Crippen LogP contribution < -0.4 is 18.9 Å². The minimum atomic E-state index is -1.01. The molecule has 1 heterocycles. The Hall–Kier alpha value is -4.00. The molecular weight excluding hydrogens is 480 g/mol. The van der Waals surface area contributed by atoms with Crippen molar-refractivity contribution >= 4 is 0 Å². The maximum Gasteiger partial charge on any atom is 0.161 e. The monoisotopic (exact) mass is 512 g/mol. The van der Waals surface area contributed by atoms with Crippen LogP contribution in [0.5, 0.6) is 23.0 Å². The molecule has 6 nitrogen and oxygen atoms in total. The summed E-state index contributed by atoms with van der Waals surface area (Å²) in [6, 6.07) is 31.4. The molecule has 1 fully saturated rings. The van der Waals surface area contributed by atoms with Gasteiger partial charge in [0.1, 0.15) is 23.0 Å². The molecule has 0 spiro atoms. The van der Waals surface area contributed by atoms with E-state index in [1.54, 1.807) is 28.4 Å². The zero-order chi connectivity index (χ0) is 26.6. The Balaban J connectivity index is 1.72. The first-order valence-corrected chi connectivity index (χ1v) is 12.5. The molecule has 6 heteroatoms. The van der Waals surface area contributed by atoms with E-state index in [0.717, 1.165) is 22.3 Å². The molecule has 38 heavy (non-hydrogen) atoms. The Morgan fingerprint density at radius 2 is 0.658 bits per heavy atom. The zero-order valence-corrected chi connectivity index (χ0v) is 22.1. The van der Waals surface area contributed by atoms with Gasteiger partial charge in [0.05, 0.1) is 28.4 Å². The third-order valence-electron chi connectivity index (χ3n) is 7.32. The summed E-state index contributed by atoms with van der Waals surface area (Å²) in [6.07, 6.45) is 1.09. The third-order valence-corrected chi connectivity index (χ3v) is 7.32. The van der Waals surface area contributed by atoms with Crippen LogP contribution in [0.2, 0.25) is 0 Å². The van der Waals surface area contributed by atoms with Gasteiger partial charge in [-0.25, -0.2) is 9.78 Å². The number of methoxy groups -OCH3 is 4. The number of para-hydroxylation sites is 4. The van der Waals surface area contributed by atoms with Gasteiger partial charge in [-0.15, -0.1) is 0 Å². The second-order valence-electron chi connectivity index (χ2n) is 9.12. The highest BCUT2D eigenvalue weighted by atomic mass is 17.2. The average molecular weight is 513 g/mol. The molecule has 0 aliphatic carbocycles. The third kappa shape index (κ3) is 4.16. The first kappa shape index (κ1) is 25.6. The summed E-state index contributed by atoms with van der Waals surface area (Å²) in [7, 11) is 6.64. The summed E-state index contributed by atoms with van der Waals surface area (Å²) in [5.74, 6) is 2.79. The van der Waals surface area contributed by atoms with E-state index in [1.165, 1.54) is 0 Å². The molecule has 0 saturated carbocycles. The lowest BCUT2D eigenvalue weighted by Gasteiger charge is -2.46. The predicted molar refractivity (Wildman–Crippen MR) is 145 cm³/mol. The average Bonchev–Trinajstić information content (AvgIpc) is 3.01. The molecule has 1 aliphatic heterocycles. The summed E-state index contributed by atoms with van der Waals surface area (Å²) < 4.78 is 23.2. The van der Waals surface area contributed by atoms with Crippen molar-refractivity contribution in [3.63, 3.8) is 0 Å². The Morgan fingerprint density at radius 1 is 0.421 bits per heavy atom. The van der Waals surface area contributed by atoms with Gasteiger partial charge in [0, 0.05) is 22.3 Å². The van der Waals surface area contributed by atoms with Crippen molar-refractivity contribution in [3.05, 3.63) is 119 Å². The number of hydrogen-bond donors (Lipinski definition) is 0. The Bertz CT molecular complexity index is 1180. The molecule has 5 rings (SSSR count). The largest absolute Gasteiger partial charge is 0.496 e. The Kier molecular flexibility index (Phi) is 7.27. The topological polar surface area (TPSA) is 55.4 Å². The van der Waals surface area contributed by atoms with Crippen LogP contribution >= 0.6 is 0 Å². The van der Waals surface area contributed by atoms with Crippen molar-refractivity contribution in [2.24, 2.45) is 0 Å². The fourth-order valence-corrected chi connectivity index (χ4v) is 5.50. The SMILES string of the molecule is COc1ccccc1C1(c2ccccc2OC)CCC(c2ccccc2OC)(c2ccccc2OC)OO1. The van der Waals surface area contributed by atoms with E-state index in [4.69, 9.17) is 28.7 Å². The van der Waals surface area contributed by atoms with E-state index in [2.05, 4.69) is 0 Å². The molecule has 0 N–H and O–H groups in total. The number of rotatable bonds is 8. The molecular formula is C32H32O6. The van der Waals surface area contributed by atoms with Crippen LogP contribution in [-0.2, 0) is 21.0 Å². The van der Waals surface area contributed by atoms with Crippen LogP contribution in [0.4, 0.5) is 0 Å². The number of ether oxygens (including phenoxy) is 4. The summed E-state index contributed by atoms with van der Waals surface area (Å²) in [5.41, 5.74) is 1.38. The van der Waals surface area contributed by atoms with Crippen LogP contribution in [0, 0.1) is 0 Å². The number of benzene rings is 4. The van der Waals surface area contributed by atoms with Crippen LogP contribution in [0.15, 0.2) is 97.1 Å². The summed E-state index contributed by atoms with van der Waals surface area (Å²) in [5, 5.41) is 0.